The van der Waals surface area contributed by atoms with E-state index in [0.29, 0.717) is 11.0 Å². The number of hydrogen-bond acceptors (Lipinski definition) is 1. The van der Waals surface area contributed by atoms with Crippen LogP contribution in [-0.2, 0) is 13.0 Å². The summed E-state index contributed by atoms with van der Waals surface area (Å²) in [5.41, 5.74) is 2.99. The van der Waals surface area contributed by atoms with Gasteiger partial charge in [0.2, 0.25) is 0 Å². The minimum absolute atomic E-state index is 0.204. The molecule has 0 spiro atoms. The Labute approximate surface area is 126 Å². The molecule has 0 saturated heterocycles. The van der Waals surface area contributed by atoms with Gasteiger partial charge in [0.1, 0.15) is 11.6 Å². The second kappa shape index (κ2) is 6.95. The molecule has 2 aromatic rings. The highest BCUT2D eigenvalue weighted by molar-refractivity contribution is 9.10. The average molecular weight is 340 g/mol. The fourth-order valence-electron chi connectivity index (χ4n) is 2.05. The van der Waals surface area contributed by atoms with Crippen LogP contribution in [0.25, 0.3) is 0 Å². The smallest absolute Gasteiger partial charge is 0.137 e. The molecule has 0 aliphatic rings. The minimum Gasteiger partial charge on any atom is -0.312 e. The van der Waals surface area contributed by atoms with E-state index >= 15 is 0 Å². The molecule has 20 heavy (non-hydrogen) atoms. The summed E-state index contributed by atoms with van der Waals surface area (Å²) in [5.74, 6) is -0.455. The third-order valence-corrected chi connectivity index (χ3v) is 3.83. The van der Waals surface area contributed by atoms with E-state index < -0.39 is 0 Å². The molecule has 0 atom stereocenters. The molecule has 0 aliphatic heterocycles. The normalized spacial score (nSPS) is 10.8. The molecule has 0 aliphatic carbocycles. The van der Waals surface area contributed by atoms with Gasteiger partial charge >= 0.3 is 0 Å². The maximum atomic E-state index is 13.3. The Morgan fingerprint density at radius 2 is 1.90 bits per heavy atom. The minimum atomic E-state index is -0.251. The van der Waals surface area contributed by atoms with Crippen molar-refractivity contribution in [2.24, 2.45) is 0 Å². The van der Waals surface area contributed by atoms with Crippen molar-refractivity contribution in [3.05, 3.63) is 69.2 Å². The maximum Gasteiger partial charge on any atom is 0.137 e. The van der Waals surface area contributed by atoms with E-state index in [2.05, 4.69) is 21.2 Å². The van der Waals surface area contributed by atoms with Gasteiger partial charge in [0, 0.05) is 6.54 Å². The Hall–Kier alpha value is -1.26. The molecule has 1 N–H and O–H groups in total. The van der Waals surface area contributed by atoms with Gasteiger partial charge in [-0.25, -0.2) is 8.78 Å². The van der Waals surface area contributed by atoms with Gasteiger partial charge in [0.25, 0.3) is 0 Å². The highest BCUT2D eigenvalue weighted by Crippen LogP contribution is 2.16. The van der Waals surface area contributed by atoms with Gasteiger partial charge in [-0.3, -0.25) is 0 Å². The summed E-state index contributed by atoms with van der Waals surface area (Å²) in [6.07, 6.45) is 0.825. The lowest BCUT2D eigenvalue weighted by molar-refractivity contribution is 0.613. The van der Waals surface area contributed by atoms with Crippen LogP contribution in [0, 0.1) is 18.6 Å². The quantitative estimate of drug-likeness (QED) is 0.797. The zero-order valence-electron chi connectivity index (χ0n) is 11.2. The van der Waals surface area contributed by atoms with Crippen molar-refractivity contribution < 1.29 is 8.78 Å². The number of rotatable bonds is 5. The van der Waals surface area contributed by atoms with E-state index in [0.717, 1.165) is 29.7 Å². The fourth-order valence-corrected chi connectivity index (χ4v) is 2.29. The Balaban J connectivity index is 1.82. The summed E-state index contributed by atoms with van der Waals surface area (Å²) >= 11 is 3.13. The zero-order valence-corrected chi connectivity index (χ0v) is 12.8. The van der Waals surface area contributed by atoms with Crippen LogP contribution in [0.1, 0.15) is 16.7 Å². The van der Waals surface area contributed by atoms with Crippen LogP contribution in [0.15, 0.2) is 40.9 Å². The van der Waals surface area contributed by atoms with E-state index in [-0.39, 0.29) is 11.6 Å². The third kappa shape index (κ3) is 4.12. The highest BCUT2D eigenvalue weighted by Gasteiger charge is 2.02. The van der Waals surface area contributed by atoms with Crippen molar-refractivity contribution in [2.45, 2.75) is 19.9 Å². The van der Waals surface area contributed by atoms with Crippen molar-refractivity contribution in [1.29, 1.82) is 0 Å². The molecule has 0 heterocycles. The van der Waals surface area contributed by atoms with Crippen LogP contribution < -0.4 is 5.32 Å². The number of halogens is 3. The largest absolute Gasteiger partial charge is 0.312 e. The second-order valence-electron chi connectivity index (χ2n) is 4.75. The molecule has 0 saturated carbocycles. The van der Waals surface area contributed by atoms with Gasteiger partial charge in [-0.1, -0.05) is 12.1 Å². The first kappa shape index (κ1) is 15.1. The Bertz CT molecular complexity index is 599. The molecule has 2 aromatic carbocycles. The monoisotopic (exact) mass is 339 g/mol. The van der Waals surface area contributed by atoms with Gasteiger partial charge in [0.05, 0.1) is 4.47 Å². The fraction of sp³-hybridized carbons (Fsp3) is 0.250. The van der Waals surface area contributed by atoms with Crippen molar-refractivity contribution in [2.75, 3.05) is 6.54 Å². The number of aryl methyl sites for hydroxylation is 1. The topological polar surface area (TPSA) is 12.0 Å². The third-order valence-electron chi connectivity index (χ3n) is 3.19. The van der Waals surface area contributed by atoms with Gasteiger partial charge in [0.15, 0.2) is 0 Å². The second-order valence-corrected chi connectivity index (χ2v) is 5.60. The molecule has 0 bridgehead atoms. The first-order valence-corrected chi connectivity index (χ1v) is 7.25. The predicted molar refractivity (Wildman–Crippen MR) is 80.6 cm³/mol. The van der Waals surface area contributed by atoms with Crippen molar-refractivity contribution in [3.63, 3.8) is 0 Å². The molecule has 106 valence electrons. The van der Waals surface area contributed by atoms with Crippen LogP contribution in [0.3, 0.4) is 0 Å². The molecular formula is C16H16BrF2N. The summed E-state index contributed by atoms with van der Waals surface area (Å²) in [6, 6.07) is 9.93. The van der Waals surface area contributed by atoms with Crippen molar-refractivity contribution in [3.8, 4) is 0 Å². The van der Waals surface area contributed by atoms with Crippen LogP contribution in [0.4, 0.5) is 8.78 Å². The van der Waals surface area contributed by atoms with Crippen LogP contribution in [0.5, 0.6) is 0 Å². The van der Waals surface area contributed by atoms with E-state index in [9.17, 15) is 8.78 Å². The SMILES string of the molecule is Cc1cc(F)ccc1CCNCc1ccc(Br)c(F)c1. The Morgan fingerprint density at radius 1 is 1.10 bits per heavy atom. The molecule has 2 rings (SSSR count). The number of hydrogen-bond donors (Lipinski definition) is 1. The lowest BCUT2D eigenvalue weighted by atomic mass is 10.1. The van der Waals surface area contributed by atoms with E-state index in [1.807, 2.05) is 19.1 Å². The Kier molecular flexibility index (Phi) is 5.26. The van der Waals surface area contributed by atoms with Crippen molar-refractivity contribution in [1.82, 2.24) is 5.32 Å². The molecule has 0 amide bonds. The lowest BCUT2D eigenvalue weighted by Crippen LogP contribution is -2.17. The highest BCUT2D eigenvalue weighted by atomic mass is 79.9. The average Bonchev–Trinajstić information content (AvgIpc) is 2.40. The Morgan fingerprint density at radius 3 is 2.60 bits per heavy atom. The maximum absolute atomic E-state index is 13.3. The summed E-state index contributed by atoms with van der Waals surface area (Å²) in [5, 5.41) is 3.26. The number of nitrogens with one attached hydrogen (secondary N) is 1. The zero-order chi connectivity index (χ0) is 14.5. The van der Waals surface area contributed by atoms with Crippen molar-refractivity contribution >= 4 is 15.9 Å². The van der Waals surface area contributed by atoms with E-state index in [4.69, 9.17) is 0 Å². The lowest BCUT2D eigenvalue weighted by Gasteiger charge is -2.08. The molecule has 1 nitrogen and oxygen atoms in total. The van der Waals surface area contributed by atoms with Crippen LogP contribution in [0.2, 0.25) is 0 Å². The first-order valence-electron chi connectivity index (χ1n) is 6.46. The molecule has 0 unspecified atom stereocenters. The summed E-state index contributed by atoms with van der Waals surface area (Å²) < 4.78 is 26.8. The predicted octanol–water partition coefficient (Wildman–Crippen LogP) is 4.37. The molecule has 0 fully saturated rings. The standard InChI is InChI=1S/C16H16BrF2N/c1-11-8-14(18)4-3-13(11)6-7-20-10-12-2-5-15(17)16(19)9-12/h2-5,8-9,20H,6-7,10H2,1H3. The molecular weight excluding hydrogens is 324 g/mol. The van der Waals surface area contributed by atoms with Gasteiger partial charge < -0.3 is 5.32 Å². The summed E-state index contributed by atoms with van der Waals surface area (Å²) in [4.78, 5) is 0. The molecule has 4 heteroatoms. The number of benzene rings is 2. The molecule has 0 radical (unpaired) electrons. The summed E-state index contributed by atoms with van der Waals surface area (Å²) in [6.45, 7) is 3.29. The van der Waals surface area contributed by atoms with E-state index in [1.54, 1.807) is 12.1 Å². The van der Waals surface area contributed by atoms with Gasteiger partial charge in [-0.15, -0.1) is 0 Å². The van der Waals surface area contributed by atoms with Gasteiger partial charge in [-0.05, 0) is 76.8 Å². The van der Waals surface area contributed by atoms with Crippen LogP contribution >= 0.6 is 15.9 Å². The first-order chi connectivity index (χ1) is 9.56. The van der Waals surface area contributed by atoms with Crippen LogP contribution in [-0.4, -0.2) is 6.54 Å². The summed E-state index contributed by atoms with van der Waals surface area (Å²) in [7, 11) is 0. The molecule has 0 aromatic heterocycles. The van der Waals surface area contributed by atoms with E-state index in [1.165, 1.54) is 12.1 Å². The van der Waals surface area contributed by atoms with Gasteiger partial charge in [-0.2, -0.15) is 0 Å².